The van der Waals surface area contributed by atoms with Gasteiger partial charge in [-0.2, -0.15) is 4.39 Å². The average molecular weight is 473 g/mol. The first kappa shape index (κ1) is 24.8. The van der Waals surface area contributed by atoms with Crippen molar-refractivity contribution >= 4 is 5.97 Å². The Hall–Kier alpha value is -2.30. The molecule has 2 aromatic carbocycles. The molecular weight excluding hydrogens is 437 g/mol. The molecule has 0 spiro atoms. The van der Waals surface area contributed by atoms with Gasteiger partial charge < -0.3 is 4.74 Å². The van der Waals surface area contributed by atoms with Crippen LogP contribution in [-0.2, 0) is 4.79 Å². The first-order valence-corrected chi connectivity index (χ1v) is 12.8. The van der Waals surface area contributed by atoms with Crippen molar-refractivity contribution in [2.45, 2.75) is 89.9 Å². The molecule has 0 N–H and O–H groups in total. The van der Waals surface area contributed by atoms with Crippen LogP contribution in [0.3, 0.4) is 0 Å². The van der Waals surface area contributed by atoms with E-state index in [4.69, 9.17) is 4.74 Å². The molecule has 0 heterocycles. The SMILES string of the molecule is CCCC1CCC(c2ccc(OC(=O)C3CCC(c4ccc(C)cc4F)CC3)c(F)c2F)CC1. The number of aryl methyl sites for hydroxylation is 1. The number of hydrogen-bond acceptors (Lipinski definition) is 2. The molecule has 2 aliphatic rings. The second-order valence-corrected chi connectivity index (χ2v) is 10.3. The molecule has 0 unspecified atom stereocenters. The highest BCUT2D eigenvalue weighted by Crippen LogP contribution is 2.41. The third-order valence-electron chi connectivity index (χ3n) is 7.93. The van der Waals surface area contributed by atoms with E-state index < -0.39 is 17.6 Å². The number of esters is 1. The first-order valence-electron chi connectivity index (χ1n) is 12.8. The van der Waals surface area contributed by atoms with Crippen molar-refractivity contribution in [3.05, 3.63) is 64.5 Å². The Kier molecular flexibility index (Phi) is 8.00. The van der Waals surface area contributed by atoms with E-state index in [1.807, 2.05) is 19.1 Å². The summed E-state index contributed by atoms with van der Waals surface area (Å²) < 4.78 is 49.3. The van der Waals surface area contributed by atoms with E-state index in [9.17, 15) is 18.0 Å². The van der Waals surface area contributed by atoms with Crippen molar-refractivity contribution in [3.8, 4) is 5.75 Å². The van der Waals surface area contributed by atoms with Crippen LogP contribution in [0, 0.1) is 36.2 Å². The third-order valence-corrected chi connectivity index (χ3v) is 7.93. The molecule has 2 aromatic rings. The fourth-order valence-electron chi connectivity index (χ4n) is 5.91. The van der Waals surface area contributed by atoms with E-state index in [2.05, 4.69) is 6.92 Å². The van der Waals surface area contributed by atoms with Crippen molar-refractivity contribution in [2.75, 3.05) is 0 Å². The second-order valence-electron chi connectivity index (χ2n) is 10.3. The lowest BCUT2D eigenvalue weighted by Crippen LogP contribution is -2.26. The van der Waals surface area contributed by atoms with Gasteiger partial charge in [0, 0.05) is 0 Å². The summed E-state index contributed by atoms with van der Waals surface area (Å²) in [5, 5.41) is 0. The van der Waals surface area contributed by atoms with Crippen LogP contribution in [0.2, 0.25) is 0 Å². The normalized spacial score (nSPS) is 25.2. The van der Waals surface area contributed by atoms with Crippen molar-refractivity contribution in [3.63, 3.8) is 0 Å². The van der Waals surface area contributed by atoms with Gasteiger partial charge in [0.1, 0.15) is 5.82 Å². The lowest BCUT2D eigenvalue weighted by molar-refractivity contribution is -0.140. The van der Waals surface area contributed by atoms with Crippen LogP contribution in [0.1, 0.15) is 99.7 Å². The van der Waals surface area contributed by atoms with Gasteiger partial charge in [-0.15, -0.1) is 0 Å². The van der Waals surface area contributed by atoms with Crippen molar-refractivity contribution in [1.29, 1.82) is 0 Å². The van der Waals surface area contributed by atoms with Crippen molar-refractivity contribution in [2.24, 2.45) is 11.8 Å². The molecule has 2 saturated carbocycles. The summed E-state index contributed by atoms with van der Waals surface area (Å²) in [7, 11) is 0. The minimum Gasteiger partial charge on any atom is -0.423 e. The fourth-order valence-corrected chi connectivity index (χ4v) is 5.91. The average Bonchev–Trinajstić information content (AvgIpc) is 2.83. The maximum Gasteiger partial charge on any atom is 0.314 e. The Morgan fingerprint density at radius 2 is 1.47 bits per heavy atom. The second kappa shape index (κ2) is 11.0. The van der Waals surface area contributed by atoms with Gasteiger partial charge in [0.25, 0.3) is 0 Å². The predicted octanol–water partition coefficient (Wildman–Crippen LogP) is 8.37. The maximum atomic E-state index is 14.9. The van der Waals surface area contributed by atoms with E-state index in [1.165, 1.54) is 18.6 Å². The Bertz CT molecular complexity index is 1000. The molecular formula is C29H35F3O2. The molecule has 184 valence electrons. The summed E-state index contributed by atoms with van der Waals surface area (Å²) in [5.74, 6) is -2.66. The molecule has 0 saturated heterocycles. The molecule has 4 rings (SSSR count). The minimum absolute atomic E-state index is 0.0183. The van der Waals surface area contributed by atoms with E-state index >= 15 is 0 Å². The monoisotopic (exact) mass is 472 g/mol. The molecule has 0 aliphatic heterocycles. The minimum atomic E-state index is -1.07. The molecule has 0 radical (unpaired) electrons. The van der Waals surface area contributed by atoms with Gasteiger partial charge in [-0.3, -0.25) is 4.79 Å². The first-order chi connectivity index (χ1) is 16.4. The molecule has 0 aromatic heterocycles. The van der Waals surface area contributed by atoms with Crippen LogP contribution in [0.25, 0.3) is 0 Å². The van der Waals surface area contributed by atoms with Gasteiger partial charge in [0.15, 0.2) is 11.6 Å². The number of halogens is 3. The van der Waals surface area contributed by atoms with Crippen molar-refractivity contribution in [1.82, 2.24) is 0 Å². The summed E-state index contributed by atoms with van der Waals surface area (Å²) in [6.45, 7) is 4.03. The van der Waals surface area contributed by atoms with Gasteiger partial charge >= 0.3 is 5.97 Å². The lowest BCUT2D eigenvalue weighted by Gasteiger charge is -2.29. The molecule has 5 heteroatoms. The quantitative estimate of drug-likeness (QED) is 0.312. The third kappa shape index (κ3) is 5.50. The van der Waals surface area contributed by atoms with E-state index in [0.717, 1.165) is 37.7 Å². The molecule has 2 fully saturated rings. The molecule has 0 bridgehead atoms. The van der Waals surface area contributed by atoms with E-state index in [-0.39, 0.29) is 29.3 Å². The number of carbonyl (C=O) groups excluding carboxylic acids is 1. The number of hydrogen-bond donors (Lipinski definition) is 0. The van der Waals surface area contributed by atoms with Crippen LogP contribution in [0.5, 0.6) is 5.75 Å². The molecule has 2 nitrogen and oxygen atoms in total. The summed E-state index contributed by atoms with van der Waals surface area (Å²) in [4.78, 5) is 12.7. The van der Waals surface area contributed by atoms with E-state index in [0.29, 0.717) is 42.7 Å². The number of ether oxygens (including phenoxy) is 1. The van der Waals surface area contributed by atoms with Gasteiger partial charge in [0.2, 0.25) is 5.82 Å². The van der Waals surface area contributed by atoms with Gasteiger partial charge in [0.05, 0.1) is 5.92 Å². The standard InChI is InChI=1S/C29H35F3O2/c1-3-4-19-6-8-21(9-7-19)24-15-16-26(28(32)27(24)31)34-29(33)22-12-10-20(11-13-22)23-14-5-18(2)17-25(23)30/h5,14-17,19-22H,3-4,6-13H2,1-2H3. The Morgan fingerprint density at radius 1 is 0.853 bits per heavy atom. The number of benzene rings is 2. The predicted molar refractivity (Wildman–Crippen MR) is 127 cm³/mol. The fraction of sp³-hybridized carbons (Fsp3) is 0.552. The summed E-state index contributed by atoms with van der Waals surface area (Å²) in [6.07, 6.45) is 8.59. The topological polar surface area (TPSA) is 26.3 Å². The molecule has 0 amide bonds. The van der Waals surface area contributed by atoms with Crippen LogP contribution < -0.4 is 4.74 Å². The summed E-state index contributed by atoms with van der Waals surface area (Å²) >= 11 is 0. The van der Waals surface area contributed by atoms with Gasteiger partial charge in [-0.25, -0.2) is 8.78 Å². The smallest absolute Gasteiger partial charge is 0.314 e. The highest BCUT2D eigenvalue weighted by Gasteiger charge is 2.31. The van der Waals surface area contributed by atoms with Gasteiger partial charge in [-0.05, 0) is 105 Å². The summed E-state index contributed by atoms with van der Waals surface area (Å²) in [6, 6.07) is 8.24. The van der Waals surface area contributed by atoms with Gasteiger partial charge in [-0.1, -0.05) is 38.0 Å². The maximum absolute atomic E-state index is 14.9. The molecule has 2 aliphatic carbocycles. The van der Waals surface area contributed by atoms with E-state index in [1.54, 1.807) is 6.07 Å². The zero-order valence-electron chi connectivity index (χ0n) is 20.2. The lowest BCUT2D eigenvalue weighted by atomic mass is 9.77. The van der Waals surface area contributed by atoms with Crippen LogP contribution in [0.4, 0.5) is 13.2 Å². The largest absolute Gasteiger partial charge is 0.423 e. The summed E-state index contributed by atoms with van der Waals surface area (Å²) in [5.41, 5.74) is 1.96. The van der Waals surface area contributed by atoms with Crippen LogP contribution >= 0.6 is 0 Å². The zero-order valence-corrected chi connectivity index (χ0v) is 20.2. The highest BCUT2D eigenvalue weighted by molar-refractivity contribution is 5.75. The van der Waals surface area contributed by atoms with Crippen LogP contribution in [0.15, 0.2) is 30.3 Å². The van der Waals surface area contributed by atoms with Crippen molar-refractivity contribution < 1.29 is 22.7 Å². The molecule has 0 atom stereocenters. The zero-order chi connectivity index (χ0) is 24.2. The Balaban J connectivity index is 1.35. The number of rotatable bonds is 6. The number of carbonyl (C=O) groups is 1. The molecule has 34 heavy (non-hydrogen) atoms. The Morgan fingerprint density at radius 3 is 2.12 bits per heavy atom. The Labute approximate surface area is 200 Å². The highest BCUT2D eigenvalue weighted by atomic mass is 19.2. The van der Waals surface area contributed by atoms with Crippen LogP contribution in [-0.4, -0.2) is 5.97 Å².